The number of hydrazone groups is 1. The van der Waals surface area contributed by atoms with Gasteiger partial charge in [-0.2, -0.15) is 5.10 Å². The number of hydrogen-bond acceptors (Lipinski definition) is 5. The number of anilines is 1. The lowest BCUT2D eigenvalue weighted by atomic mass is 10.1. The van der Waals surface area contributed by atoms with Crippen molar-refractivity contribution in [1.82, 2.24) is 5.01 Å². The minimum absolute atomic E-state index is 0.103. The molecule has 6 nitrogen and oxygen atoms in total. The zero-order valence-corrected chi connectivity index (χ0v) is 15.1. The van der Waals surface area contributed by atoms with Gasteiger partial charge in [-0.05, 0) is 30.3 Å². The van der Waals surface area contributed by atoms with Gasteiger partial charge in [-0.1, -0.05) is 12.1 Å². The Morgan fingerprint density at radius 2 is 1.81 bits per heavy atom. The molecule has 0 heterocycles. The van der Waals surface area contributed by atoms with Crippen molar-refractivity contribution in [3.05, 3.63) is 65.0 Å². The van der Waals surface area contributed by atoms with Crippen LogP contribution in [0.5, 0.6) is 0 Å². The molecular formula is C19H20FN3O3. The molecule has 2 aromatic carbocycles. The summed E-state index contributed by atoms with van der Waals surface area (Å²) in [4.78, 5) is 25.8. The Morgan fingerprint density at radius 3 is 2.42 bits per heavy atom. The second-order valence-electron chi connectivity index (χ2n) is 5.71. The maximum absolute atomic E-state index is 14.1. The van der Waals surface area contributed by atoms with E-state index in [-0.39, 0.29) is 17.0 Å². The minimum Gasteiger partial charge on any atom is -0.465 e. The quantitative estimate of drug-likeness (QED) is 0.469. The van der Waals surface area contributed by atoms with Gasteiger partial charge in [0.25, 0.3) is 5.91 Å². The molecule has 1 amide bonds. The second kappa shape index (κ2) is 8.24. The maximum Gasteiger partial charge on any atom is 0.337 e. The highest BCUT2D eigenvalue weighted by Crippen LogP contribution is 2.19. The Labute approximate surface area is 151 Å². The van der Waals surface area contributed by atoms with Crippen LogP contribution in [-0.2, 0) is 4.74 Å². The Balaban J connectivity index is 2.21. The van der Waals surface area contributed by atoms with Gasteiger partial charge in [-0.25, -0.2) is 14.2 Å². The molecule has 0 aromatic heterocycles. The summed E-state index contributed by atoms with van der Waals surface area (Å²) >= 11 is 0. The summed E-state index contributed by atoms with van der Waals surface area (Å²) in [6.07, 6.45) is 1.23. The molecule has 2 aromatic rings. The number of benzene rings is 2. The van der Waals surface area contributed by atoms with Crippen LogP contribution in [0, 0.1) is 5.82 Å². The Hall–Kier alpha value is -3.22. The van der Waals surface area contributed by atoms with Gasteiger partial charge in [0.15, 0.2) is 0 Å². The van der Waals surface area contributed by atoms with Gasteiger partial charge in [-0.15, -0.1) is 0 Å². The van der Waals surface area contributed by atoms with Gasteiger partial charge in [0.05, 0.1) is 24.5 Å². The molecule has 0 spiro atoms. The van der Waals surface area contributed by atoms with E-state index in [0.717, 1.165) is 16.8 Å². The first kappa shape index (κ1) is 19.1. The molecule has 136 valence electrons. The van der Waals surface area contributed by atoms with Crippen molar-refractivity contribution in [3.63, 3.8) is 0 Å². The van der Waals surface area contributed by atoms with Crippen molar-refractivity contribution in [3.8, 4) is 0 Å². The molecule has 0 N–H and O–H groups in total. The maximum atomic E-state index is 14.1. The van der Waals surface area contributed by atoms with Gasteiger partial charge >= 0.3 is 5.97 Å². The van der Waals surface area contributed by atoms with Crippen LogP contribution in [0.4, 0.5) is 10.1 Å². The van der Waals surface area contributed by atoms with E-state index in [1.807, 2.05) is 31.1 Å². The van der Waals surface area contributed by atoms with Crippen molar-refractivity contribution in [2.45, 2.75) is 0 Å². The Bertz CT molecular complexity index is 850. The summed E-state index contributed by atoms with van der Waals surface area (Å²) < 4.78 is 18.6. The molecule has 0 aliphatic heterocycles. The van der Waals surface area contributed by atoms with Crippen LogP contribution in [-0.4, -0.2) is 51.4 Å². The summed E-state index contributed by atoms with van der Waals surface area (Å²) in [6.45, 7) is 0. The zero-order valence-electron chi connectivity index (χ0n) is 15.1. The first-order valence-corrected chi connectivity index (χ1v) is 7.81. The van der Waals surface area contributed by atoms with Crippen molar-refractivity contribution in [2.24, 2.45) is 5.10 Å². The van der Waals surface area contributed by atoms with Crippen LogP contribution in [0.2, 0.25) is 0 Å². The SMILES string of the molecule is COC(=O)c1ccc(/C=N/N(C)C(=O)c2ccccc2N(C)C)c(F)c1. The molecule has 26 heavy (non-hydrogen) atoms. The number of methoxy groups -OCH3 is 1. The summed E-state index contributed by atoms with van der Waals surface area (Å²) in [7, 11) is 6.40. The van der Waals surface area contributed by atoms with Crippen LogP contribution in [0.3, 0.4) is 0 Å². The number of para-hydroxylation sites is 1. The fraction of sp³-hybridized carbons (Fsp3) is 0.211. The molecule has 0 fully saturated rings. The highest BCUT2D eigenvalue weighted by molar-refractivity contribution is 6.00. The van der Waals surface area contributed by atoms with Crippen molar-refractivity contribution >= 4 is 23.8 Å². The molecule has 0 aliphatic rings. The van der Waals surface area contributed by atoms with Crippen LogP contribution < -0.4 is 4.90 Å². The van der Waals surface area contributed by atoms with Crippen LogP contribution in [0.25, 0.3) is 0 Å². The number of ether oxygens (including phenoxy) is 1. The highest BCUT2D eigenvalue weighted by Gasteiger charge is 2.16. The van der Waals surface area contributed by atoms with E-state index >= 15 is 0 Å². The minimum atomic E-state index is -0.633. The number of halogens is 1. The first-order valence-electron chi connectivity index (χ1n) is 7.81. The van der Waals surface area contributed by atoms with Crippen LogP contribution in [0.1, 0.15) is 26.3 Å². The molecular weight excluding hydrogens is 337 g/mol. The Kier molecular flexibility index (Phi) is 6.06. The van der Waals surface area contributed by atoms with E-state index in [2.05, 4.69) is 9.84 Å². The average molecular weight is 357 g/mol. The highest BCUT2D eigenvalue weighted by atomic mass is 19.1. The first-order chi connectivity index (χ1) is 12.3. The number of carbonyl (C=O) groups excluding carboxylic acids is 2. The van der Waals surface area contributed by atoms with Gasteiger partial charge in [0.1, 0.15) is 5.82 Å². The molecule has 2 rings (SSSR count). The van der Waals surface area contributed by atoms with E-state index in [9.17, 15) is 14.0 Å². The number of carbonyl (C=O) groups is 2. The van der Waals surface area contributed by atoms with E-state index < -0.39 is 11.8 Å². The second-order valence-corrected chi connectivity index (χ2v) is 5.71. The van der Waals surface area contributed by atoms with Gasteiger partial charge < -0.3 is 9.64 Å². The monoisotopic (exact) mass is 357 g/mol. The number of nitrogens with zero attached hydrogens (tertiary/aromatic N) is 3. The number of amides is 1. The fourth-order valence-corrected chi connectivity index (χ4v) is 2.30. The number of rotatable bonds is 5. The lowest BCUT2D eigenvalue weighted by Gasteiger charge is -2.19. The van der Waals surface area contributed by atoms with E-state index in [1.54, 1.807) is 12.1 Å². The van der Waals surface area contributed by atoms with Gasteiger partial charge in [-0.3, -0.25) is 4.79 Å². The number of hydrogen-bond donors (Lipinski definition) is 0. The summed E-state index contributed by atoms with van der Waals surface area (Å²) in [5.74, 6) is -1.58. The molecule has 0 atom stereocenters. The molecule has 0 unspecified atom stereocenters. The summed E-state index contributed by atoms with van der Waals surface area (Å²) in [5, 5.41) is 5.15. The van der Waals surface area contributed by atoms with E-state index in [0.29, 0.717) is 5.56 Å². The van der Waals surface area contributed by atoms with Crippen LogP contribution in [0.15, 0.2) is 47.6 Å². The predicted octanol–water partition coefficient (Wildman–Crippen LogP) is 2.78. The van der Waals surface area contributed by atoms with E-state index in [1.165, 1.54) is 32.5 Å². The van der Waals surface area contributed by atoms with Gasteiger partial charge in [0.2, 0.25) is 0 Å². The standard InChI is InChI=1S/C19H20FN3O3/c1-22(2)17-8-6-5-7-15(17)18(24)23(3)21-12-14-10-9-13(11-16(14)20)19(25)26-4/h5-12H,1-4H3/b21-12+. The normalized spacial score (nSPS) is 10.7. The topological polar surface area (TPSA) is 62.2 Å². The largest absolute Gasteiger partial charge is 0.465 e. The summed E-state index contributed by atoms with van der Waals surface area (Å²) in [6, 6.07) is 11.0. The third-order valence-electron chi connectivity index (χ3n) is 3.70. The smallest absolute Gasteiger partial charge is 0.337 e. The zero-order chi connectivity index (χ0) is 19.3. The van der Waals surface area contributed by atoms with Crippen molar-refractivity contribution in [1.29, 1.82) is 0 Å². The third kappa shape index (κ3) is 4.24. The molecule has 0 saturated carbocycles. The average Bonchev–Trinajstić information content (AvgIpc) is 2.65. The molecule has 0 aliphatic carbocycles. The number of esters is 1. The van der Waals surface area contributed by atoms with E-state index in [4.69, 9.17) is 0 Å². The Morgan fingerprint density at radius 1 is 1.12 bits per heavy atom. The van der Waals surface area contributed by atoms with Gasteiger partial charge in [0, 0.05) is 32.4 Å². The van der Waals surface area contributed by atoms with Crippen molar-refractivity contribution < 1.29 is 18.7 Å². The lowest BCUT2D eigenvalue weighted by Crippen LogP contribution is -2.24. The molecule has 0 saturated heterocycles. The lowest BCUT2D eigenvalue weighted by molar-refractivity contribution is 0.0600. The summed E-state index contributed by atoms with van der Waals surface area (Å²) in [5.41, 5.74) is 1.50. The van der Waals surface area contributed by atoms with Crippen molar-refractivity contribution in [2.75, 3.05) is 33.2 Å². The van der Waals surface area contributed by atoms with Crippen LogP contribution >= 0.6 is 0 Å². The third-order valence-corrected chi connectivity index (χ3v) is 3.70. The molecule has 0 radical (unpaired) electrons. The molecule has 0 bridgehead atoms. The predicted molar refractivity (Wildman–Crippen MR) is 98.2 cm³/mol. The fourth-order valence-electron chi connectivity index (χ4n) is 2.30. The molecule has 7 heteroatoms.